The first-order valence-electron chi connectivity index (χ1n) is 6.55. The molecule has 108 valence electrons. The first kappa shape index (κ1) is 14.7. The second-order valence-corrected chi connectivity index (χ2v) is 5.53. The summed E-state index contributed by atoms with van der Waals surface area (Å²) in [4.78, 5) is 28.0. The van der Waals surface area contributed by atoms with Gasteiger partial charge in [0, 0.05) is 43.7 Å². The number of urea groups is 1. The van der Waals surface area contributed by atoms with Crippen LogP contribution in [0, 0.1) is 0 Å². The van der Waals surface area contributed by atoms with Gasteiger partial charge in [-0.15, -0.1) is 11.8 Å². The van der Waals surface area contributed by atoms with Crippen molar-refractivity contribution in [2.45, 2.75) is 11.8 Å². The molecular weight excluding hydrogens is 274 g/mol. The van der Waals surface area contributed by atoms with E-state index in [1.54, 1.807) is 28.5 Å². The summed E-state index contributed by atoms with van der Waals surface area (Å²) >= 11 is 1.64. The molecule has 1 aromatic carbocycles. The zero-order valence-electron chi connectivity index (χ0n) is 11.8. The number of carbonyl (C=O) groups is 2. The van der Waals surface area contributed by atoms with E-state index in [9.17, 15) is 9.59 Å². The van der Waals surface area contributed by atoms with Crippen LogP contribution in [0.25, 0.3) is 0 Å². The Hall–Kier alpha value is -1.69. The molecule has 1 saturated heterocycles. The van der Waals surface area contributed by atoms with Crippen molar-refractivity contribution >= 4 is 29.4 Å². The summed E-state index contributed by atoms with van der Waals surface area (Å²) in [7, 11) is 0. The Labute approximate surface area is 123 Å². The molecule has 0 saturated carbocycles. The van der Waals surface area contributed by atoms with Crippen LogP contribution in [0.2, 0.25) is 0 Å². The van der Waals surface area contributed by atoms with E-state index in [0.717, 1.165) is 10.6 Å². The van der Waals surface area contributed by atoms with Gasteiger partial charge in [-0.3, -0.25) is 4.79 Å². The summed E-state index contributed by atoms with van der Waals surface area (Å²) in [6.45, 7) is 3.92. The standard InChI is InChI=1S/C14H19N3O2S/c1-11(18)16-6-8-17(9-7-16)14(19)15-12-4-3-5-13(10-12)20-2/h3-5,10H,6-9H2,1-2H3,(H,15,19). The minimum atomic E-state index is -0.105. The van der Waals surface area contributed by atoms with E-state index in [1.807, 2.05) is 30.5 Å². The number of amides is 3. The molecular formula is C14H19N3O2S. The van der Waals surface area contributed by atoms with Crippen LogP contribution < -0.4 is 5.32 Å². The molecule has 1 aliphatic rings. The highest BCUT2D eigenvalue weighted by atomic mass is 32.2. The fraction of sp³-hybridized carbons (Fsp3) is 0.429. The van der Waals surface area contributed by atoms with Gasteiger partial charge in [-0.2, -0.15) is 0 Å². The number of thioether (sulfide) groups is 1. The summed E-state index contributed by atoms with van der Waals surface area (Å²) in [6.07, 6.45) is 2.00. The van der Waals surface area contributed by atoms with Crippen LogP contribution in [0.3, 0.4) is 0 Å². The SMILES string of the molecule is CSc1cccc(NC(=O)N2CCN(C(C)=O)CC2)c1. The van der Waals surface area contributed by atoms with Gasteiger partial charge in [-0.25, -0.2) is 4.79 Å². The highest BCUT2D eigenvalue weighted by Gasteiger charge is 2.22. The number of benzene rings is 1. The Kier molecular flexibility index (Phi) is 4.89. The molecule has 0 unspecified atom stereocenters. The molecule has 2 rings (SSSR count). The number of hydrogen-bond donors (Lipinski definition) is 1. The van der Waals surface area contributed by atoms with Crippen molar-refractivity contribution in [1.29, 1.82) is 0 Å². The average Bonchev–Trinajstić information content (AvgIpc) is 2.47. The largest absolute Gasteiger partial charge is 0.339 e. The van der Waals surface area contributed by atoms with E-state index in [0.29, 0.717) is 26.2 Å². The minimum absolute atomic E-state index is 0.0673. The van der Waals surface area contributed by atoms with Crippen molar-refractivity contribution in [1.82, 2.24) is 9.80 Å². The van der Waals surface area contributed by atoms with Gasteiger partial charge in [0.2, 0.25) is 5.91 Å². The van der Waals surface area contributed by atoms with Crippen molar-refractivity contribution in [2.24, 2.45) is 0 Å². The molecule has 1 heterocycles. The Morgan fingerprint density at radius 2 is 1.80 bits per heavy atom. The predicted octanol–water partition coefficient (Wildman–Crippen LogP) is 2.10. The number of rotatable bonds is 2. The predicted molar refractivity (Wildman–Crippen MR) is 81.1 cm³/mol. The molecule has 6 heteroatoms. The lowest BCUT2D eigenvalue weighted by Gasteiger charge is -2.34. The highest BCUT2D eigenvalue weighted by Crippen LogP contribution is 2.19. The zero-order chi connectivity index (χ0) is 14.5. The van der Waals surface area contributed by atoms with Gasteiger partial charge in [-0.05, 0) is 24.5 Å². The molecule has 1 aliphatic heterocycles. The molecule has 5 nitrogen and oxygen atoms in total. The van der Waals surface area contributed by atoms with Crippen molar-refractivity contribution < 1.29 is 9.59 Å². The molecule has 0 atom stereocenters. The van der Waals surface area contributed by atoms with E-state index < -0.39 is 0 Å². The van der Waals surface area contributed by atoms with E-state index >= 15 is 0 Å². The molecule has 0 radical (unpaired) electrons. The third kappa shape index (κ3) is 3.66. The lowest BCUT2D eigenvalue weighted by atomic mass is 10.3. The van der Waals surface area contributed by atoms with Crippen LogP contribution in [0.5, 0.6) is 0 Å². The Bertz CT molecular complexity index is 499. The van der Waals surface area contributed by atoms with Gasteiger partial charge in [0.15, 0.2) is 0 Å². The van der Waals surface area contributed by atoms with Crippen LogP contribution in [0.15, 0.2) is 29.2 Å². The molecule has 20 heavy (non-hydrogen) atoms. The number of piperazine rings is 1. The number of carbonyl (C=O) groups excluding carboxylic acids is 2. The molecule has 3 amide bonds. The zero-order valence-corrected chi connectivity index (χ0v) is 12.6. The smallest absolute Gasteiger partial charge is 0.321 e. The van der Waals surface area contributed by atoms with Gasteiger partial charge in [0.25, 0.3) is 0 Å². The van der Waals surface area contributed by atoms with Crippen LogP contribution >= 0.6 is 11.8 Å². The highest BCUT2D eigenvalue weighted by molar-refractivity contribution is 7.98. The van der Waals surface area contributed by atoms with Crippen molar-refractivity contribution in [3.63, 3.8) is 0 Å². The second-order valence-electron chi connectivity index (χ2n) is 4.66. The monoisotopic (exact) mass is 293 g/mol. The van der Waals surface area contributed by atoms with Crippen LogP contribution in [0.1, 0.15) is 6.92 Å². The van der Waals surface area contributed by atoms with Gasteiger partial charge in [0.05, 0.1) is 0 Å². The maximum absolute atomic E-state index is 12.1. The lowest BCUT2D eigenvalue weighted by Crippen LogP contribution is -2.51. The lowest BCUT2D eigenvalue weighted by molar-refractivity contribution is -0.130. The number of hydrogen-bond acceptors (Lipinski definition) is 3. The van der Waals surface area contributed by atoms with E-state index in [2.05, 4.69) is 5.32 Å². The topological polar surface area (TPSA) is 52.7 Å². The van der Waals surface area contributed by atoms with Gasteiger partial charge >= 0.3 is 6.03 Å². The Balaban J connectivity index is 1.91. The Morgan fingerprint density at radius 3 is 2.40 bits per heavy atom. The molecule has 0 aromatic heterocycles. The van der Waals surface area contributed by atoms with E-state index in [4.69, 9.17) is 0 Å². The third-order valence-electron chi connectivity index (χ3n) is 3.33. The molecule has 1 N–H and O–H groups in total. The minimum Gasteiger partial charge on any atom is -0.339 e. The van der Waals surface area contributed by atoms with Gasteiger partial charge < -0.3 is 15.1 Å². The van der Waals surface area contributed by atoms with Crippen molar-refractivity contribution in [3.05, 3.63) is 24.3 Å². The summed E-state index contributed by atoms with van der Waals surface area (Å²) < 4.78 is 0. The van der Waals surface area contributed by atoms with Crippen LogP contribution in [-0.2, 0) is 4.79 Å². The number of nitrogens with one attached hydrogen (secondary N) is 1. The Morgan fingerprint density at radius 1 is 1.15 bits per heavy atom. The van der Waals surface area contributed by atoms with E-state index in [-0.39, 0.29) is 11.9 Å². The number of nitrogens with zero attached hydrogens (tertiary/aromatic N) is 2. The first-order valence-corrected chi connectivity index (χ1v) is 7.78. The molecule has 1 aromatic rings. The summed E-state index contributed by atoms with van der Waals surface area (Å²) in [5.74, 6) is 0.0673. The van der Waals surface area contributed by atoms with Crippen molar-refractivity contribution in [3.8, 4) is 0 Å². The maximum atomic E-state index is 12.1. The number of anilines is 1. The summed E-state index contributed by atoms with van der Waals surface area (Å²) in [5, 5.41) is 2.90. The molecule has 0 aliphatic carbocycles. The maximum Gasteiger partial charge on any atom is 0.321 e. The molecule has 0 spiro atoms. The fourth-order valence-electron chi connectivity index (χ4n) is 2.13. The summed E-state index contributed by atoms with van der Waals surface area (Å²) in [5.41, 5.74) is 0.802. The van der Waals surface area contributed by atoms with Crippen molar-refractivity contribution in [2.75, 3.05) is 37.8 Å². The fourth-order valence-corrected chi connectivity index (χ4v) is 2.59. The third-order valence-corrected chi connectivity index (χ3v) is 4.06. The van der Waals surface area contributed by atoms with Crippen LogP contribution in [-0.4, -0.2) is 54.2 Å². The van der Waals surface area contributed by atoms with Gasteiger partial charge in [0.1, 0.15) is 0 Å². The van der Waals surface area contributed by atoms with Crippen LogP contribution in [0.4, 0.5) is 10.5 Å². The average molecular weight is 293 g/mol. The normalized spacial score (nSPS) is 15.1. The summed E-state index contributed by atoms with van der Waals surface area (Å²) in [6, 6.07) is 7.66. The van der Waals surface area contributed by atoms with E-state index in [1.165, 1.54) is 0 Å². The van der Waals surface area contributed by atoms with Gasteiger partial charge in [-0.1, -0.05) is 6.07 Å². The quantitative estimate of drug-likeness (QED) is 0.850. The second kappa shape index (κ2) is 6.65. The first-order chi connectivity index (χ1) is 9.60. The molecule has 0 bridgehead atoms. The molecule has 1 fully saturated rings.